The number of amides is 1. The number of ether oxygens (including phenoxy) is 1. The minimum absolute atomic E-state index is 0.198. The molecule has 0 fully saturated rings. The fourth-order valence-electron chi connectivity index (χ4n) is 4.09. The van der Waals surface area contributed by atoms with Crippen molar-refractivity contribution in [1.82, 2.24) is 15.1 Å². The third-order valence-electron chi connectivity index (χ3n) is 5.95. The van der Waals surface area contributed by atoms with E-state index in [9.17, 15) is 4.79 Å². The second-order valence-electron chi connectivity index (χ2n) is 8.38. The van der Waals surface area contributed by atoms with Gasteiger partial charge >= 0.3 is 6.09 Å². The van der Waals surface area contributed by atoms with Crippen molar-refractivity contribution < 1.29 is 9.53 Å². The molecule has 5 nitrogen and oxygen atoms in total. The van der Waals surface area contributed by atoms with Crippen molar-refractivity contribution in [1.29, 1.82) is 0 Å². The number of carbonyl (C=O) groups is 1. The number of aromatic nitrogens is 2. The summed E-state index contributed by atoms with van der Waals surface area (Å²) < 4.78 is 6.77. The Kier molecular flexibility index (Phi) is 6.59. The van der Waals surface area contributed by atoms with Crippen LogP contribution in [0.4, 0.5) is 4.79 Å². The van der Waals surface area contributed by atoms with Crippen LogP contribution in [0.3, 0.4) is 0 Å². The van der Waals surface area contributed by atoms with E-state index in [1.54, 1.807) is 0 Å². The van der Waals surface area contributed by atoms with Gasteiger partial charge in [0.25, 0.3) is 0 Å². The molecule has 1 N–H and O–H groups in total. The van der Waals surface area contributed by atoms with Crippen molar-refractivity contribution in [2.45, 2.75) is 33.2 Å². The molecule has 1 atom stereocenters. The quantitative estimate of drug-likeness (QED) is 0.395. The number of nitrogens with zero attached hydrogens (tertiary/aromatic N) is 2. The lowest BCUT2D eigenvalue weighted by Gasteiger charge is -2.20. The van der Waals surface area contributed by atoms with Gasteiger partial charge in [-0.2, -0.15) is 5.10 Å². The minimum atomic E-state index is -0.442. The van der Waals surface area contributed by atoms with Gasteiger partial charge in [-0.15, -0.1) is 0 Å². The first kappa shape index (κ1) is 22.3. The summed E-state index contributed by atoms with van der Waals surface area (Å²) in [6.07, 6.45) is 2.19. The molecule has 4 aromatic rings. The molecule has 5 heteroatoms. The molecule has 0 saturated carbocycles. The lowest BCUT2D eigenvalue weighted by molar-refractivity contribution is 0.166. The Hall–Kier alpha value is -3.86. The molecule has 1 aromatic heterocycles. The van der Waals surface area contributed by atoms with Crippen LogP contribution in [-0.4, -0.2) is 23.0 Å². The SMILES string of the molecule is COC(=O)NC(Cc1cc(-n2ccc(-c3ccc(C)cc3C)n2)ccc1C)c1ccccc1. The zero-order chi connectivity index (χ0) is 23.4. The predicted octanol–water partition coefficient (Wildman–Crippen LogP) is 6.10. The highest BCUT2D eigenvalue weighted by atomic mass is 16.5. The summed E-state index contributed by atoms with van der Waals surface area (Å²) in [4.78, 5) is 12.0. The standard InChI is InChI=1S/C28H29N3O2/c1-19-10-13-25(21(3)16-19)26-14-15-31(30-26)24-12-11-20(2)23(17-24)18-27(29-28(32)33-4)22-8-6-5-7-9-22/h5-17,27H,18H2,1-4H3,(H,29,32). The van der Waals surface area contributed by atoms with Gasteiger partial charge in [0.15, 0.2) is 0 Å². The monoisotopic (exact) mass is 439 g/mol. The molecule has 1 amide bonds. The highest BCUT2D eigenvalue weighted by molar-refractivity contribution is 5.68. The summed E-state index contributed by atoms with van der Waals surface area (Å²) in [7, 11) is 1.38. The van der Waals surface area contributed by atoms with Crippen molar-refractivity contribution in [3.63, 3.8) is 0 Å². The van der Waals surface area contributed by atoms with Gasteiger partial charge < -0.3 is 10.1 Å². The van der Waals surface area contributed by atoms with E-state index in [0.29, 0.717) is 6.42 Å². The first-order valence-corrected chi connectivity index (χ1v) is 11.1. The molecule has 1 unspecified atom stereocenters. The van der Waals surface area contributed by atoms with Gasteiger partial charge in [-0.1, -0.05) is 60.2 Å². The van der Waals surface area contributed by atoms with E-state index in [4.69, 9.17) is 9.84 Å². The highest BCUT2D eigenvalue weighted by Gasteiger charge is 2.17. The topological polar surface area (TPSA) is 56.1 Å². The second-order valence-corrected chi connectivity index (χ2v) is 8.38. The smallest absolute Gasteiger partial charge is 0.407 e. The van der Waals surface area contributed by atoms with Crippen molar-refractivity contribution >= 4 is 6.09 Å². The fraction of sp³-hybridized carbons (Fsp3) is 0.214. The lowest BCUT2D eigenvalue weighted by atomic mass is 9.95. The van der Waals surface area contributed by atoms with E-state index in [2.05, 4.69) is 62.5 Å². The summed E-state index contributed by atoms with van der Waals surface area (Å²) in [5.74, 6) is 0. The molecule has 4 rings (SSSR count). The minimum Gasteiger partial charge on any atom is -0.453 e. The summed E-state index contributed by atoms with van der Waals surface area (Å²) >= 11 is 0. The maximum absolute atomic E-state index is 12.0. The molecule has 3 aromatic carbocycles. The van der Waals surface area contributed by atoms with Crippen LogP contribution in [0.5, 0.6) is 0 Å². The maximum Gasteiger partial charge on any atom is 0.407 e. The molecule has 33 heavy (non-hydrogen) atoms. The molecule has 0 aliphatic carbocycles. The zero-order valence-electron chi connectivity index (χ0n) is 19.5. The van der Waals surface area contributed by atoms with Gasteiger partial charge in [0.05, 0.1) is 24.5 Å². The molecule has 0 radical (unpaired) electrons. The lowest BCUT2D eigenvalue weighted by Crippen LogP contribution is -2.30. The average Bonchev–Trinajstić information content (AvgIpc) is 3.30. The summed E-state index contributed by atoms with van der Waals surface area (Å²) in [6.45, 7) is 6.30. The molecule has 0 saturated heterocycles. The summed E-state index contributed by atoms with van der Waals surface area (Å²) in [5.41, 5.74) is 8.86. The van der Waals surface area contributed by atoms with E-state index in [0.717, 1.165) is 33.6 Å². The van der Waals surface area contributed by atoms with Crippen LogP contribution in [0.2, 0.25) is 0 Å². The zero-order valence-corrected chi connectivity index (χ0v) is 19.5. The Morgan fingerprint density at radius 2 is 1.76 bits per heavy atom. The highest BCUT2D eigenvalue weighted by Crippen LogP contribution is 2.26. The molecule has 0 aliphatic heterocycles. The number of alkyl carbamates (subject to hydrolysis) is 1. The second kappa shape index (κ2) is 9.74. The Morgan fingerprint density at radius 3 is 2.48 bits per heavy atom. The van der Waals surface area contributed by atoms with Crippen LogP contribution in [-0.2, 0) is 11.2 Å². The molecule has 0 aliphatic rings. The van der Waals surface area contributed by atoms with Crippen molar-refractivity contribution in [3.05, 3.63) is 107 Å². The molecule has 0 spiro atoms. The summed E-state index contributed by atoms with van der Waals surface area (Å²) in [6, 6.07) is 24.5. The van der Waals surface area contributed by atoms with Crippen LogP contribution in [0, 0.1) is 20.8 Å². The summed E-state index contributed by atoms with van der Waals surface area (Å²) in [5, 5.41) is 7.81. The van der Waals surface area contributed by atoms with E-state index < -0.39 is 6.09 Å². The molecule has 0 bridgehead atoms. The third kappa shape index (κ3) is 5.14. The largest absolute Gasteiger partial charge is 0.453 e. The number of hydrogen-bond acceptors (Lipinski definition) is 3. The maximum atomic E-state index is 12.0. The number of methoxy groups -OCH3 is 1. The van der Waals surface area contributed by atoms with Gasteiger partial charge in [-0.3, -0.25) is 0 Å². The van der Waals surface area contributed by atoms with Crippen LogP contribution < -0.4 is 5.32 Å². The molecule has 168 valence electrons. The third-order valence-corrected chi connectivity index (χ3v) is 5.95. The normalized spacial score (nSPS) is 11.8. The number of aryl methyl sites for hydroxylation is 3. The Balaban J connectivity index is 1.64. The predicted molar refractivity (Wildman–Crippen MR) is 132 cm³/mol. The van der Waals surface area contributed by atoms with Gasteiger partial charge in [-0.05, 0) is 67.6 Å². The number of nitrogens with one attached hydrogen (secondary N) is 1. The van der Waals surface area contributed by atoms with Crippen LogP contribution in [0.15, 0.2) is 79.0 Å². The fourth-order valence-corrected chi connectivity index (χ4v) is 4.09. The number of hydrogen-bond donors (Lipinski definition) is 1. The Bertz CT molecular complexity index is 1260. The van der Waals surface area contributed by atoms with Crippen LogP contribution >= 0.6 is 0 Å². The van der Waals surface area contributed by atoms with E-state index in [-0.39, 0.29) is 6.04 Å². The van der Waals surface area contributed by atoms with Gasteiger partial charge in [0.1, 0.15) is 0 Å². The van der Waals surface area contributed by atoms with Crippen LogP contribution in [0.25, 0.3) is 16.9 Å². The van der Waals surface area contributed by atoms with Crippen molar-refractivity contribution in [3.8, 4) is 16.9 Å². The van der Waals surface area contributed by atoms with Crippen molar-refractivity contribution in [2.24, 2.45) is 0 Å². The van der Waals surface area contributed by atoms with Gasteiger partial charge in [0, 0.05) is 11.8 Å². The van der Waals surface area contributed by atoms with E-state index in [1.807, 2.05) is 47.3 Å². The first-order valence-electron chi connectivity index (χ1n) is 11.1. The molecule has 1 heterocycles. The van der Waals surface area contributed by atoms with Crippen molar-refractivity contribution in [2.75, 3.05) is 7.11 Å². The van der Waals surface area contributed by atoms with Gasteiger partial charge in [0.2, 0.25) is 0 Å². The average molecular weight is 440 g/mol. The Morgan fingerprint density at radius 1 is 0.970 bits per heavy atom. The Labute approximate surface area is 195 Å². The molecular weight excluding hydrogens is 410 g/mol. The first-order chi connectivity index (χ1) is 15.9. The molecular formula is C28H29N3O2. The van der Waals surface area contributed by atoms with E-state index in [1.165, 1.54) is 18.2 Å². The van der Waals surface area contributed by atoms with Gasteiger partial charge in [-0.25, -0.2) is 9.48 Å². The van der Waals surface area contributed by atoms with E-state index >= 15 is 0 Å². The number of rotatable bonds is 6. The van der Waals surface area contributed by atoms with Crippen LogP contribution in [0.1, 0.15) is 33.9 Å². The number of carbonyl (C=O) groups excluding carboxylic acids is 1. The number of benzene rings is 3.